The minimum absolute atomic E-state index is 0.119. The molecule has 3 aromatic rings. The molecule has 8 nitrogen and oxygen atoms in total. The first-order chi connectivity index (χ1) is 18.6. The summed E-state index contributed by atoms with van der Waals surface area (Å²) in [6.07, 6.45) is -0.339. The highest BCUT2D eigenvalue weighted by Gasteiger charge is 2.47. The van der Waals surface area contributed by atoms with Crippen LogP contribution in [0.1, 0.15) is 46.9 Å². The van der Waals surface area contributed by atoms with Crippen LogP contribution >= 0.6 is 11.6 Å². The average Bonchev–Trinajstić information content (AvgIpc) is 3.18. The first kappa shape index (κ1) is 27.7. The van der Waals surface area contributed by atoms with Crippen LogP contribution in [0.5, 0.6) is 11.5 Å². The Balaban J connectivity index is 1.95. The van der Waals surface area contributed by atoms with Crippen LogP contribution in [0.15, 0.2) is 66.2 Å². The molecule has 0 radical (unpaired) electrons. The van der Waals surface area contributed by atoms with Crippen molar-refractivity contribution in [2.75, 3.05) is 19.1 Å². The second-order valence-corrected chi connectivity index (χ2v) is 9.68. The number of hydrogen-bond acceptors (Lipinski definition) is 7. The van der Waals surface area contributed by atoms with Crippen molar-refractivity contribution in [1.82, 2.24) is 0 Å². The number of methoxy groups -OCH3 is 2. The van der Waals surface area contributed by atoms with E-state index < -0.39 is 29.5 Å². The van der Waals surface area contributed by atoms with E-state index in [2.05, 4.69) is 0 Å². The number of amides is 1. The van der Waals surface area contributed by atoms with Crippen molar-refractivity contribution in [3.05, 3.63) is 93.5 Å². The summed E-state index contributed by atoms with van der Waals surface area (Å²) in [5.74, 6) is -2.28. The number of rotatable bonds is 7. The molecule has 1 unspecified atom stereocenters. The average molecular weight is 550 g/mol. The maximum atomic E-state index is 13.5. The summed E-state index contributed by atoms with van der Waals surface area (Å²) in [6, 6.07) is 15.4. The number of aliphatic hydroxyl groups excluding tert-OH is 1. The van der Waals surface area contributed by atoms with Gasteiger partial charge < -0.3 is 19.3 Å². The predicted molar refractivity (Wildman–Crippen MR) is 148 cm³/mol. The van der Waals surface area contributed by atoms with Crippen LogP contribution in [0, 0.1) is 6.92 Å². The molecule has 202 valence electrons. The van der Waals surface area contributed by atoms with Gasteiger partial charge in [0.15, 0.2) is 0 Å². The zero-order valence-corrected chi connectivity index (χ0v) is 22.9. The number of carbonyl (C=O) groups is 3. The molecule has 0 bridgehead atoms. The summed E-state index contributed by atoms with van der Waals surface area (Å²) in [5, 5.41) is 11.7. The maximum absolute atomic E-state index is 13.5. The Bertz CT molecular complexity index is 1490. The lowest BCUT2D eigenvalue weighted by molar-refractivity contribution is -0.132. The molecule has 4 rings (SSSR count). The van der Waals surface area contributed by atoms with E-state index in [0.717, 1.165) is 5.56 Å². The van der Waals surface area contributed by atoms with Crippen LogP contribution in [-0.2, 0) is 14.3 Å². The van der Waals surface area contributed by atoms with Crippen molar-refractivity contribution in [1.29, 1.82) is 0 Å². The third-order valence-corrected chi connectivity index (χ3v) is 6.53. The number of ketones is 1. The Labute approximate surface area is 231 Å². The Kier molecular flexibility index (Phi) is 7.97. The fraction of sp³-hybridized carbons (Fsp3) is 0.233. The standard InChI is InChI=1S/C30H28ClNO7/c1-16(2)39-30(36)19-10-7-11-20(13-19)32-26(18-9-6-8-17(3)12-18)25(28(34)29(32)35)27(33)21-14-22(31)24(38-5)15-23(21)37-4/h6-16,26,33H,1-5H3/b27-25+. The van der Waals surface area contributed by atoms with Crippen LogP contribution in [0.4, 0.5) is 5.69 Å². The summed E-state index contributed by atoms with van der Waals surface area (Å²) in [7, 11) is 2.84. The van der Waals surface area contributed by atoms with Crippen molar-refractivity contribution in [3.8, 4) is 11.5 Å². The zero-order valence-electron chi connectivity index (χ0n) is 22.2. The molecule has 9 heteroatoms. The second-order valence-electron chi connectivity index (χ2n) is 9.27. The van der Waals surface area contributed by atoms with Gasteiger partial charge in [-0.2, -0.15) is 0 Å². The van der Waals surface area contributed by atoms with Crippen molar-refractivity contribution in [2.45, 2.75) is 32.9 Å². The third kappa shape index (κ3) is 5.33. The van der Waals surface area contributed by atoms with Gasteiger partial charge in [0.1, 0.15) is 17.3 Å². The number of ether oxygens (including phenoxy) is 3. The third-order valence-electron chi connectivity index (χ3n) is 6.23. The van der Waals surface area contributed by atoms with E-state index in [9.17, 15) is 19.5 Å². The monoisotopic (exact) mass is 549 g/mol. The van der Waals surface area contributed by atoms with E-state index in [1.54, 1.807) is 44.2 Å². The summed E-state index contributed by atoms with van der Waals surface area (Å²) < 4.78 is 16.0. The number of aryl methyl sites for hydroxylation is 1. The molecule has 39 heavy (non-hydrogen) atoms. The van der Waals surface area contributed by atoms with Gasteiger partial charge in [-0.3, -0.25) is 14.5 Å². The van der Waals surface area contributed by atoms with Gasteiger partial charge in [-0.05, 0) is 50.6 Å². The second kappa shape index (κ2) is 11.2. The van der Waals surface area contributed by atoms with Gasteiger partial charge in [-0.1, -0.05) is 47.5 Å². The number of anilines is 1. The van der Waals surface area contributed by atoms with E-state index in [1.807, 2.05) is 19.1 Å². The molecule has 1 saturated heterocycles. The fourth-order valence-corrected chi connectivity index (χ4v) is 4.75. The molecule has 1 N–H and O–H groups in total. The fourth-order valence-electron chi connectivity index (χ4n) is 4.51. The maximum Gasteiger partial charge on any atom is 0.338 e. The number of benzene rings is 3. The Morgan fingerprint density at radius 3 is 2.31 bits per heavy atom. The molecule has 0 aliphatic carbocycles. The first-order valence-electron chi connectivity index (χ1n) is 12.2. The van der Waals surface area contributed by atoms with Gasteiger partial charge >= 0.3 is 5.97 Å². The minimum Gasteiger partial charge on any atom is -0.507 e. The molecule has 1 amide bonds. The summed E-state index contributed by atoms with van der Waals surface area (Å²) in [6.45, 7) is 5.35. The van der Waals surface area contributed by atoms with E-state index in [-0.39, 0.29) is 33.6 Å². The molecule has 1 fully saturated rings. The van der Waals surface area contributed by atoms with E-state index in [0.29, 0.717) is 17.0 Å². The predicted octanol–water partition coefficient (Wildman–Crippen LogP) is 5.86. The van der Waals surface area contributed by atoms with E-state index >= 15 is 0 Å². The van der Waals surface area contributed by atoms with Crippen molar-refractivity contribution in [2.24, 2.45) is 0 Å². The molecule has 3 aromatic carbocycles. The van der Waals surface area contributed by atoms with Crippen molar-refractivity contribution < 1.29 is 33.7 Å². The number of carbonyl (C=O) groups excluding carboxylic acids is 3. The van der Waals surface area contributed by atoms with E-state index in [1.165, 1.54) is 37.3 Å². The smallest absolute Gasteiger partial charge is 0.338 e. The highest BCUT2D eigenvalue weighted by Crippen LogP contribution is 2.45. The van der Waals surface area contributed by atoms with Gasteiger partial charge in [-0.25, -0.2) is 4.79 Å². The molecule has 0 saturated carbocycles. The highest BCUT2D eigenvalue weighted by molar-refractivity contribution is 6.51. The molecule has 0 aromatic heterocycles. The Hall–Kier alpha value is -4.30. The lowest BCUT2D eigenvalue weighted by Crippen LogP contribution is -2.29. The summed E-state index contributed by atoms with van der Waals surface area (Å²) in [5.41, 5.74) is 1.95. The van der Waals surface area contributed by atoms with E-state index in [4.69, 9.17) is 25.8 Å². The van der Waals surface area contributed by atoms with Gasteiger partial charge in [0.05, 0.1) is 48.1 Å². The molecule has 1 aliphatic rings. The number of esters is 1. The Morgan fingerprint density at radius 1 is 0.974 bits per heavy atom. The summed E-state index contributed by atoms with van der Waals surface area (Å²) >= 11 is 6.34. The number of nitrogens with zero attached hydrogens (tertiary/aromatic N) is 1. The van der Waals surface area contributed by atoms with Gasteiger partial charge in [0, 0.05) is 11.8 Å². The number of hydrogen-bond donors (Lipinski definition) is 1. The minimum atomic E-state index is -1.01. The van der Waals surface area contributed by atoms with Gasteiger partial charge in [-0.15, -0.1) is 0 Å². The lowest BCUT2D eigenvalue weighted by Gasteiger charge is -2.26. The molecule has 1 aliphatic heterocycles. The van der Waals surface area contributed by atoms with Crippen LogP contribution < -0.4 is 14.4 Å². The van der Waals surface area contributed by atoms with Crippen molar-refractivity contribution in [3.63, 3.8) is 0 Å². The molecular weight excluding hydrogens is 522 g/mol. The van der Waals surface area contributed by atoms with Crippen LogP contribution in [-0.4, -0.2) is 43.1 Å². The first-order valence-corrected chi connectivity index (χ1v) is 12.6. The zero-order chi connectivity index (χ0) is 28.4. The SMILES string of the molecule is COc1cc(OC)c(/C(O)=C2\C(=O)C(=O)N(c3cccc(C(=O)OC(C)C)c3)C2c2cccc(C)c2)cc1Cl. The molecule has 0 spiro atoms. The van der Waals surface area contributed by atoms with Crippen molar-refractivity contribution >= 4 is 40.7 Å². The van der Waals surface area contributed by atoms with Crippen LogP contribution in [0.3, 0.4) is 0 Å². The van der Waals surface area contributed by atoms with Gasteiger partial charge in [0.25, 0.3) is 11.7 Å². The number of Topliss-reactive ketones (excluding diaryl/α,β-unsaturated/α-hetero) is 1. The normalized spacial score (nSPS) is 16.5. The van der Waals surface area contributed by atoms with Crippen LogP contribution in [0.2, 0.25) is 5.02 Å². The number of aliphatic hydroxyl groups is 1. The summed E-state index contributed by atoms with van der Waals surface area (Å²) in [4.78, 5) is 41.0. The van der Waals surface area contributed by atoms with Crippen LogP contribution in [0.25, 0.3) is 5.76 Å². The highest BCUT2D eigenvalue weighted by atomic mass is 35.5. The molecule has 1 heterocycles. The molecule has 1 atom stereocenters. The quantitative estimate of drug-likeness (QED) is 0.170. The largest absolute Gasteiger partial charge is 0.507 e. The Morgan fingerprint density at radius 2 is 1.67 bits per heavy atom. The van der Waals surface area contributed by atoms with Gasteiger partial charge in [0.2, 0.25) is 0 Å². The number of halogens is 1. The molecular formula is C30H28ClNO7. The topological polar surface area (TPSA) is 102 Å². The lowest BCUT2D eigenvalue weighted by atomic mass is 9.94.